The molecule has 2 heterocycles. The highest BCUT2D eigenvalue weighted by Crippen LogP contribution is 2.32. The van der Waals surface area contributed by atoms with Gasteiger partial charge in [0, 0.05) is 11.1 Å². The molecule has 136 valence electrons. The molecule has 6 nitrogen and oxygen atoms in total. The standard InChI is InChI=1S/C21H19N3O3/c1-26-19-9-7-16(11-20(19)27-2)17-8-10-21-22-12-18(24(21)23-17)15-5-3-14(13-25)4-6-15/h3-12,25H,13H2,1-2H3. The highest BCUT2D eigenvalue weighted by Gasteiger charge is 2.11. The molecule has 0 radical (unpaired) electrons. The molecular weight excluding hydrogens is 342 g/mol. The first-order chi connectivity index (χ1) is 13.2. The van der Waals surface area contributed by atoms with Crippen molar-refractivity contribution in [2.75, 3.05) is 14.2 Å². The Hall–Kier alpha value is -3.38. The number of ether oxygens (including phenoxy) is 2. The summed E-state index contributed by atoms with van der Waals surface area (Å²) in [6.45, 7) is 0.0229. The predicted molar refractivity (Wildman–Crippen MR) is 103 cm³/mol. The fourth-order valence-corrected chi connectivity index (χ4v) is 3.00. The Bertz CT molecular complexity index is 1090. The van der Waals surface area contributed by atoms with Crippen molar-refractivity contribution in [3.05, 3.63) is 66.4 Å². The molecule has 2 aromatic carbocycles. The van der Waals surface area contributed by atoms with E-state index in [2.05, 4.69) is 4.98 Å². The Morgan fingerprint density at radius 3 is 2.33 bits per heavy atom. The summed E-state index contributed by atoms with van der Waals surface area (Å²) in [7, 11) is 3.23. The maximum absolute atomic E-state index is 9.22. The summed E-state index contributed by atoms with van der Waals surface area (Å²) >= 11 is 0. The molecule has 1 N–H and O–H groups in total. The molecule has 0 unspecified atom stereocenters. The van der Waals surface area contributed by atoms with Gasteiger partial charge in [0.2, 0.25) is 0 Å². The maximum atomic E-state index is 9.22. The second-order valence-electron chi connectivity index (χ2n) is 6.06. The number of aliphatic hydroxyl groups excluding tert-OH is 1. The van der Waals surface area contributed by atoms with Crippen molar-refractivity contribution in [3.63, 3.8) is 0 Å². The van der Waals surface area contributed by atoms with Crippen molar-refractivity contribution in [3.8, 4) is 34.0 Å². The fraction of sp³-hybridized carbons (Fsp3) is 0.143. The topological polar surface area (TPSA) is 68.9 Å². The second kappa shape index (κ2) is 7.09. The van der Waals surface area contributed by atoms with Gasteiger partial charge >= 0.3 is 0 Å². The summed E-state index contributed by atoms with van der Waals surface area (Å²) in [6, 6.07) is 17.3. The zero-order valence-electron chi connectivity index (χ0n) is 15.1. The zero-order chi connectivity index (χ0) is 18.8. The molecule has 0 bridgehead atoms. The Kier molecular flexibility index (Phi) is 4.48. The van der Waals surface area contributed by atoms with Gasteiger partial charge in [-0.15, -0.1) is 0 Å². The quantitative estimate of drug-likeness (QED) is 0.588. The normalized spacial score (nSPS) is 10.9. The second-order valence-corrected chi connectivity index (χ2v) is 6.06. The molecule has 0 saturated heterocycles. The fourth-order valence-electron chi connectivity index (χ4n) is 3.00. The number of fused-ring (bicyclic) bond motifs is 1. The number of rotatable bonds is 5. The van der Waals surface area contributed by atoms with Gasteiger partial charge in [0.05, 0.1) is 38.4 Å². The first-order valence-electron chi connectivity index (χ1n) is 8.51. The van der Waals surface area contributed by atoms with Gasteiger partial charge in [-0.05, 0) is 35.9 Å². The number of nitrogens with zero attached hydrogens (tertiary/aromatic N) is 3. The van der Waals surface area contributed by atoms with E-state index in [9.17, 15) is 5.11 Å². The highest BCUT2D eigenvalue weighted by molar-refractivity contribution is 5.67. The summed E-state index contributed by atoms with van der Waals surface area (Å²) < 4.78 is 12.5. The summed E-state index contributed by atoms with van der Waals surface area (Å²) in [4.78, 5) is 4.44. The molecule has 6 heteroatoms. The van der Waals surface area contributed by atoms with E-state index in [1.807, 2.05) is 59.1 Å². The monoisotopic (exact) mass is 361 g/mol. The zero-order valence-corrected chi connectivity index (χ0v) is 15.1. The van der Waals surface area contributed by atoms with E-state index in [0.717, 1.165) is 33.7 Å². The van der Waals surface area contributed by atoms with Crippen LogP contribution in [0.1, 0.15) is 5.56 Å². The van der Waals surface area contributed by atoms with Crippen LogP contribution in [0.3, 0.4) is 0 Å². The molecule has 0 atom stereocenters. The van der Waals surface area contributed by atoms with Crippen molar-refractivity contribution in [1.82, 2.24) is 14.6 Å². The van der Waals surface area contributed by atoms with Crippen LogP contribution in [0, 0.1) is 0 Å². The third kappa shape index (κ3) is 3.11. The first-order valence-corrected chi connectivity index (χ1v) is 8.51. The number of benzene rings is 2. The molecule has 0 spiro atoms. The van der Waals surface area contributed by atoms with E-state index in [0.29, 0.717) is 11.5 Å². The number of hydrogen-bond acceptors (Lipinski definition) is 5. The molecule has 0 aliphatic rings. The van der Waals surface area contributed by atoms with Crippen LogP contribution in [-0.2, 0) is 6.61 Å². The maximum Gasteiger partial charge on any atom is 0.161 e. The number of hydrogen-bond donors (Lipinski definition) is 1. The summed E-state index contributed by atoms with van der Waals surface area (Å²) in [6.07, 6.45) is 1.80. The Morgan fingerprint density at radius 1 is 0.889 bits per heavy atom. The molecule has 4 rings (SSSR count). The summed E-state index contributed by atoms with van der Waals surface area (Å²) in [5, 5.41) is 14.0. The van der Waals surface area contributed by atoms with E-state index in [-0.39, 0.29) is 6.61 Å². The van der Waals surface area contributed by atoms with Crippen molar-refractivity contribution in [2.24, 2.45) is 0 Å². The van der Waals surface area contributed by atoms with Crippen molar-refractivity contribution in [2.45, 2.75) is 6.61 Å². The summed E-state index contributed by atoms with van der Waals surface area (Å²) in [5.74, 6) is 1.33. The minimum atomic E-state index is 0.0229. The summed E-state index contributed by atoms with van der Waals surface area (Å²) in [5.41, 5.74) is 5.22. The lowest BCUT2D eigenvalue weighted by Gasteiger charge is -2.10. The largest absolute Gasteiger partial charge is 0.493 e. The number of aliphatic hydroxyl groups is 1. The van der Waals surface area contributed by atoms with E-state index in [1.165, 1.54) is 0 Å². The van der Waals surface area contributed by atoms with E-state index in [4.69, 9.17) is 14.6 Å². The minimum absolute atomic E-state index is 0.0229. The van der Waals surface area contributed by atoms with E-state index >= 15 is 0 Å². The van der Waals surface area contributed by atoms with Gasteiger partial charge in [0.25, 0.3) is 0 Å². The van der Waals surface area contributed by atoms with Crippen LogP contribution in [0.25, 0.3) is 28.2 Å². The minimum Gasteiger partial charge on any atom is -0.493 e. The number of imidazole rings is 1. The molecule has 0 fully saturated rings. The van der Waals surface area contributed by atoms with E-state index < -0.39 is 0 Å². The third-order valence-electron chi connectivity index (χ3n) is 4.47. The third-order valence-corrected chi connectivity index (χ3v) is 4.47. The molecular formula is C21H19N3O3. The van der Waals surface area contributed by atoms with Gasteiger partial charge in [-0.3, -0.25) is 0 Å². The van der Waals surface area contributed by atoms with Crippen molar-refractivity contribution in [1.29, 1.82) is 0 Å². The van der Waals surface area contributed by atoms with Crippen LogP contribution >= 0.6 is 0 Å². The lowest BCUT2D eigenvalue weighted by molar-refractivity contribution is 0.282. The Labute approximate surface area is 156 Å². The number of methoxy groups -OCH3 is 2. The smallest absolute Gasteiger partial charge is 0.161 e. The van der Waals surface area contributed by atoms with Gasteiger partial charge in [0.1, 0.15) is 0 Å². The molecule has 27 heavy (non-hydrogen) atoms. The van der Waals surface area contributed by atoms with Gasteiger partial charge in [-0.25, -0.2) is 9.50 Å². The average molecular weight is 361 g/mol. The van der Waals surface area contributed by atoms with Crippen LogP contribution < -0.4 is 9.47 Å². The highest BCUT2D eigenvalue weighted by atomic mass is 16.5. The van der Waals surface area contributed by atoms with Gasteiger partial charge in [-0.2, -0.15) is 5.10 Å². The van der Waals surface area contributed by atoms with Gasteiger partial charge < -0.3 is 14.6 Å². The molecule has 4 aromatic rings. The molecule has 0 aliphatic carbocycles. The van der Waals surface area contributed by atoms with Crippen molar-refractivity contribution < 1.29 is 14.6 Å². The van der Waals surface area contributed by atoms with Crippen molar-refractivity contribution >= 4 is 5.65 Å². The molecule has 0 amide bonds. The lowest BCUT2D eigenvalue weighted by atomic mass is 10.1. The molecule has 0 aliphatic heterocycles. The van der Waals surface area contributed by atoms with Crippen LogP contribution in [0.15, 0.2) is 60.8 Å². The lowest BCUT2D eigenvalue weighted by Crippen LogP contribution is -1.97. The first kappa shape index (κ1) is 17.1. The van der Waals surface area contributed by atoms with E-state index in [1.54, 1.807) is 20.4 Å². The van der Waals surface area contributed by atoms with Gasteiger partial charge in [0.15, 0.2) is 17.1 Å². The van der Waals surface area contributed by atoms with Gasteiger partial charge in [-0.1, -0.05) is 24.3 Å². The van der Waals surface area contributed by atoms with Crippen LogP contribution in [0.4, 0.5) is 0 Å². The predicted octanol–water partition coefficient (Wildman–Crippen LogP) is 3.57. The molecule has 0 saturated carbocycles. The average Bonchev–Trinajstić information content (AvgIpc) is 3.16. The van der Waals surface area contributed by atoms with Crippen LogP contribution in [0.5, 0.6) is 11.5 Å². The van der Waals surface area contributed by atoms with Crippen LogP contribution in [-0.4, -0.2) is 33.9 Å². The van der Waals surface area contributed by atoms with Crippen LogP contribution in [0.2, 0.25) is 0 Å². The Morgan fingerprint density at radius 2 is 1.63 bits per heavy atom. The molecule has 2 aromatic heterocycles. The number of aromatic nitrogens is 3. The Balaban J connectivity index is 1.80. The SMILES string of the molecule is COc1ccc(-c2ccc3ncc(-c4ccc(CO)cc4)n3n2)cc1OC.